The SMILES string of the molecule is O=C(O)/C=C/c1cccc(NS(=O)(=O)c2cccnc2)c1. The van der Waals surface area contributed by atoms with E-state index < -0.39 is 16.0 Å². The van der Waals surface area contributed by atoms with E-state index in [0.29, 0.717) is 11.3 Å². The Hall–Kier alpha value is -2.67. The van der Waals surface area contributed by atoms with Crippen molar-refractivity contribution in [3.8, 4) is 0 Å². The first kappa shape index (κ1) is 14.7. The number of nitrogens with one attached hydrogen (secondary N) is 1. The summed E-state index contributed by atoms with van der Waals surface area (Å²) in [6, 6.07) is 9.37. The average molecular weight is 304 g/mol. The van der Waals surface area contributed by atoms with Gasteiger partial charge in [-0.05, 0) is 35.9 Å². The fourth-order valence-corrected chi connectivity index (χ4v) is 2.61. The number of sulfonamides is 1. The molecule has 0 aliphatic carbocycles. The summed E-state index contributed by atoms with van der Waals surface area (Å²) in [6.45, 7) is 0. The van der Waals surface area contributed by atoms with Crippen molar-refractivity contribution < 1.29 is 18.3 Å². The molecule has 0 fully saturated rings. The molecule has 0 bridgehead atoms. The summed E-state index contributed by atoms with van der Waals surface area (Å²) in [5, 5.41) is 8.57. The molecule has 2 N–H and O–H groups in total. The summed E-state index contributed by atoms with van der Waals surface area (Å²) in [6.07, 6.45) is 5.09. The van der Waals surface area contributed by atoms with Crippen molar-refractivity contribution in [1.82, 2.24) is 4.98 Å². The maximum absolute atomic E-state index is 12.1. The molecule has 108 valence electrons. The van der Waals surface area contributed by atoms with Gasteiger partial charge >= 0.3 is 5.97 Å². The lowest BCUT2D eigenvalue weighted by Crippen LogP contribution is -2.13. The molecular formula is C14H12N2O4S. The second-order valence-corrected chi connectivity index (χ2v) is 5.77. The van der Waals surface area contributed by atoms with Crippen LogP contribution in [0.4, 0.5) is 5.69 Å². The van der Waals surface area contributed by atoms with Gasteiger partial charge in [-0.1, -0.05) is 12.1 Å². The van der Waals surface area contributed by atoms with E-state index in [-0.39, 0.29) is 4.90 Å². The predicted octanol–water partition coefficient (Wildman–Crippen LogP) is 1.98. The molecule has 0 radical (unpaired) electrons. The van der Waals surface area contributed by atoms with Crippen LogP contribution >= 0.6 is 0 Å². The first-order chi connectivity index (χ1) is 9.97. The summed E-state index contributed by atoms with van der Waals surface area (Å²) in [7, 11) is -3.71. The molecule has 0 spiro atoms. The molecule has 1 aromatic carbocycles. The molecule has 0 aliphatic heterocycles. The van der Waals surface area contributed by atoms with Crippen LogP contribution in [0.5, 0.6) is 0 Å². The lowest BCUT2D eigenvalue weighted by Gasteiger charge is -2.08. The van der Waals surface area contributed by atoms with Crippen LogP contribution in [0.2, 0.25) is 0 Å². The van der Waals surface area contributed by atoms with Crippen LogP contribution in [0, 0.1) is 0 Å². The van der Waals surface area contributed by atoms with E-state index in [2.05, 4.69) is 9.71 Å². The number of anilines is 1. The monoisotopic (exact) mass is 304 g/mol. The predicted molar refractivity (Wildman–Crippen MR) is 78.2 cm³/mol. The van der Waals surface area contributed by atoms with Crippen molar-refractivity contribution >= 4 is 27.8 Å². The van der Waals surface area contributed by atoms with Crippen molar-refractivity contribution in [1.29, 1.82) is 0 Å². The Kier molecular flexibility index (Phi) is 4.34. The Morgan fingerprint density at radius 3 is 2.71 bits per heavy atom. The standard InChI is InChI=1S/C14H12N2O4S/c17-14(18)7-6-11-3-1-4-12(9-11)16-21(19,20)13-5-2-8-15-10-13/h1-10,16H,(H,17,18)/b7-6+. The molecular weight excluding hydrogens is 292 g/mol. The lowest BCUT2D eigenvalue weighted by atomic mass is 10.2. The first-order valence-electron chi connectivity index (χ1n) is 5.91. The van der Waals surface area contributed by atoms with Crippen molar-refractivity contribution in [3.63, 3.8) is 0 Å². The van der Waals surface area contributed by atoms with Gasteiger partial charge in [0.25, 0.3) is 10.0 Å². The van der Waals surface area contributed by atoms with Crippen LogP contribution in [0.1, 0.15) is 5.56 Å². The van der Waals surface area contributed by atoms with Gasteiger partial charge in [0.2, 0.25) is 0 Å². The van der Waals surface area contributed by atoms with Gasteiger partial charge in [-0.15, -0.1) is 0 Å². The molecule has 0 aliphatic rings. The Morgan fingerprint density at radius 1 is 1.24 bits per heavy atom. The number of aliphatic carboxylic acids is 1. The van der Waals surface area contributed by atoms with Crippen molar-refractivity contribution in [2.75, 3.05) is 4.72 Å². The molecule has 0 atom stereocenters. The van der Waals surface area contributed by atoms with Crippen LogP contribution in [0.25, 0.3) is 6.08 Å². The molecule has 6 nitrogen and oxygen atoms in total. The summed E-state index contributed by atoms with van der Waals surface area (Å²) in [5.74, 6) is -1.07. The van der Waals surface area contributed by atoms with E-state index in [1.165, 1.54) is 36.7 Å². The van der Waals surface area contributed by atoms with Gasteiger partial charge in [0.05, 0.1) is 0 Å². The van der Waals surface area contributed by atoms with Crippen molar-refractivity contribution in [2.24, 2.45) is 0 Å². The molecule has 2 rings (SSSR count). The third kappa shape index (κ3) is 4.15. The largest absolute Gasteiger partial charge is 0.478 e. The van der Waals surface area contributed by atoms with Crippen molar-refractivity contribution in [2.45, 2.75) is 4.90 Å². The number of aromatic nitrogens is 1. The van der Waals surface area contributed by atoms with Crippen LogP contribution in [-0.4, -0.2) is 24.5 Å². The van der Waals surface area contributed by atoms with Crippen LogP contribution in [0.15, 0.2) is 59.8 Å². The van der Waals surface area contributed by atoms with Crippen LogP contribution < -0.4 is 4.72 Å². The van der Waals surface area contributed by atoms with Gasteiger partial charge in [-0.25, -0.2) is 13.2 Å². The van der Waals surface area contributed by atoms with Gasteiger partial charge in [0.1, 0.15) is 4.90 Å². The molecule has 1 heterocycles. The summed E-state index contributed by atoms with van der Waals surface area (Å²) < 4.78 is 26.6. The normalized spacial score (nSPS) is 11.4. The Labute approximate surface area is 121 Å². The number of pyridine rings is 1. The molecule has 1 aromatic heterocycles. The Bertz CT molecular complexity index is 771. The minimum absolute atomic E-state index is 0.0523. The molecule has 7 heteroatoms. The average Bonchev–Trinajstić information content (AvgIpc) is 2.46. The molecule has 0 amide bonds. The highest BCUT2D eigenvalue weighted by molar-refractivity contribution is 7.92. The number of carbonyl (C=O) groups is 1. The highest BCUT2D eigenvalue weighted by Crippen LogP contribution is 2.17. The molecule has 0 unspecified atom stereocenters. The molecule has 21 heavy (non-hydrogen) atoms. The maximum Gasteiger partial charge on any atom is 0.328 e. The van der Waals surface area contributed by atoms with E-state index >= 15 is 0 Å². The zero-order valence-corrected chi connectivity index (χ0v) is 11.6. The van der Waals surface area contributed by atoms with E-state index in [0.717, 1.165) is 6.08 Å². The Morgan fingerprint density at radius 2 is 2.05 bits per heavy atom. The zero-order valence-electron chi connectivity index (χ0n) is 10.8. The Balaban J connectivity index is 2.24. The van der Waals surface area contributed by atoms with Gasteiger partial charge in [-0.2, -0.15) is 0 Å². The molecule has 0 saturated carbocycles. The van der Waals surface area contributed by atoms with Gasteiger partial charge < -0.3 is 5.11 Å². The number of benzene rings is 1. The minimum Gasteiger partial charge on any atom is -0.478 e. The van der Waals surface area contributed by atoms with Gasteiger partial charge in [-0.3, -0.25) is 9.71 Å². The first-order valence-corrected chi connectivity index (χ1v) is 7.39. The topological polar surface area (TPSA) is 96.4 Å². The van der Waals surface area contributed by atoms with Gasteiger partial charge in [0.15, 0.2) is 0 Å². The fraction of sp³-hybridized carbons (Fsp3) is 0. The third-order valence-corrected chi connectivity index (χ3v) is 3.87. The van der Waals surface area contributed by atoms with E-state index in [4.69, 9.17) is 5.11 Å². The third-order valence-electron chi connectivity index (χ3n) is 2.50. The van der Waals surface area contributed by atoms with E-state index in [1.54, 1.807) is 18.2 Å². The number of nitrogens with zero attached hydrogens (tertiary/aromatic N) is 1. The van der Waals surface area contributed by atoms with Crippen LogP contribution in [0.3, 0.4) is 0 Å². The van der Waals surface area contributed by atoms with Crippen LogP contribution in [-0.2, 0) is 14.8 Å². The number of carboxylic acids is 1. The lowest BCUT2D eigenvalue weighted by molar-refractivity contribution is -0.131. The summed E-state index contributed by atoms with van der Waals surface area (Å²) in [4.78, 5) is 14.3. The number of rotatable bonds is 5. The minimum atomic E-state index is -3.71. The maximum atomic E-state index is 12.1. The second-order valence-electron chi connectivity index (χ2n) is 4.09. The van der Waals surface area contributed by atoms with E-state index in [1.807, 2.05) is 0 Å². The number of hydrogen-bond acceptors (Lipinski definition) is 4. The quantitative estimate of drug-likeness (QED) is 0.823. The second kappa shape index (κ2) is 6.19. The smallest absolute Gasteiger partial charge is 0.328 e. The highest BCUT2D eigenvalue weighted by Gasteiger charge is 2.13. The number of hydrogen-bond donors (Lipinski definition) is 2. The van der Waals surface area contributed by atoms with Crippen molar-refractivity contribution in [3.05, 3.63) is 60.4 Å². The molecule has 2 aromatic rings. The number of carboxylic acid groups (broad SMARTS) is 1. The van der Waals surface area contributed by atoms with E-state index in [9.17, 15) is 13.2 Å². The fourth-order valence-electron chi connectivity index (χ4n) is 1.59. The summed E-state index contributed by atoms with van der Waals surface area (Å²) in [5.41, 5.74) is 0.912. The molecule has 0 saturated heterocycles. The zero-order chi connectivity index (χ0) is 15.3. The highest BCUT2D eigenvalue weighted by atomic mass is 32.2. The van der Waals surface area contributed by atoms with Gasteiger partial charge in [0, 0.05) is 24.2 Å². The summed E-state index contributed by atoms with van der Waals surface area (Å²) >= 11 is 0.